The highest BCUT2D eigenvalue weighted by atomic mass is 16.3. The first-order valence-corrected chi connectivity index (χ1v) is 6.21. The van der Waals surface area contributed by atoms with Crippen LogP contribution in [0.25, 0.3) is 0 Å². The van der Waals surface area contributed by atoms with Crippen LogP contribution in [0.2, 0.25) is 0 Å². The van der Waals surface area contributed by atoms with Gasteiger partial charge in [0.15, 0.2) is 0 Å². The van der Waals surface area contributed by atoms with Gasteiger partial charge in [-0.05, 0) is 44.7 Å². The first-order valence-electron chi connectivity index (χ1n) is 6.21. The van der Waals surface area contributed by atoms with Crippen molar-refractivity contribution in [3.63, 3.8) is 0 Å². The van der Waals surface area contributed by atoms with Crippen LogP contribution in [0.4, 0.5) is 5.69 Å². The lowest BCUT2D eigenvalue weighted by molar-refractivity contribution is 0.182. The first kappa shape index (κ1) is 11.5. The minimum atomic E-state index is -0.173. The summed E-state index contributed by atoms with van der Waals surface area (Å²) in [7, 11) is 0. The van der Waals surface area contributed by atoms with E-state index in [2.05, 4.69) is 36.1 Å². The number of anilines is 1. The number of aliphatic hydroxyl groups is 1. The highest BCUT2D eigenvalue weighted by Crippen LogP contribution is 2.31. The van der Waals surface area contributed by atoms with E-state index in [9.17, 15) is 5.11 Å². The van der Waals surface area contributed by atoms with E-state index in [-0.39, 0.29) is 6.10 Å². The van der Waals surface area contributed by atoms with Crippen molar-refractivity contribution in [1.82, 2.24) is 0 Å². The molecule has 0 bridgehead atoms. The normalized spacial score (nSPS) is 20.9. The maximum absolute atomic E-state index is 9.27. The fourth-order valence-electron chi connectivity index (χ4n) is 2.53. The fourth-order valence-corrected chi connectivity index (χ4v) is 2.53. The summed E-state index contributed by atoms with van der Waals surface area (Å²) in [6, 6.07) is 9.26. The second kappa shape index (κ2) is 4.88. The van der Waals surface area contributed by atoms with Gasteiger partial charge >= 0.3 is 0 Å². The van der Waals surface area contributed by atoms with Gasteiger partial charge in [-0.1, -0.05) is 18.2 Å². The third kappa shape index (κ3) is 2.38. The SMILES string of the molecule is CC(O)CCCN1c2ccccc2CC1C. The number of rotatable bonds is 4. The molecule has 2 heteroatoms. The molecule has 0 fully saturated rings. The zero-order chi connectivity index (χ0) is 11.5. The average Bonchev–Trinajstić information content (AvgIpc) is 2.55. The number of hydrogen-bond donors (Lipinski definition) is 1. The quantitative estimate of drug-likeness (QED) is 0.841. The summed E-state index contributed by atoms with van der Waals surface area (Å²) >= 11 is 0. The van der Waals surface area contributed by atoms with Gasteiger partial charge in [0.05, 0.1) is 6.10 Å². The third-order valence-electron chi connectivity index (χ3n) is 3.37. The van der Waals surface area contributed by atoms with Gasteiger partial charge in [0.25, 0.3) is 0 Å². The molecular formula is C14H21NO. The summed E-state index contributed by atoms with van der Waals surface area (Å²) in [5.41, 5.74) is 2.85. The van der Waals surface area contributed by atoms with Crippen molar-refractivity contribution >= 4 is 5.69 Å². The molecule has 1 aromatic rings. The van der Waals surface area contributed by atoms with Gasteiger partial charge in [0, 0.05) is 18.3 Å². The van der Waals surface area contributed by atoms with Crippen LogP contribution in [0.1, 0.15) is 32.3 Å². The van der Waals surface area contributed by atoms with Gasteiger partial charge in [-0.25, -0.2) is 0 Å². The molecule has 16 heavy (non-hydrogen) atoms. The van der Waals surface area contributed by atoms with Gasteiger partial charge < -0.3 is 10.0 Å². The van der Waals surface area contributed by atoms with Gasteiger partial charge in [0.2, 0.25) is 0 Å². The van der Waals surface area contributed by atoms with Crippen LogP contribution in [0.5, 0.6) is 0 Å². The summed E-state index contributed by atoms with van der Waals surface area (Å²) in [5, 5.41) is 9.27. The maximum atomic E-state index is 9.27. The molecular weight excluding hydrogens is 198 g/mol. The van der Waals surface area contributed by atoms with Crippen molar-refractivity contribution in [2.45, 2.75) is 45.3 Å². The number of aliphatic hydroxyl groups excluding tert-OH is 1. The Balaban J connectivity index is 1.99. The van der Waals surface area contributed by atoms with E-state index in [4.69, 9.17) is 0 Å². The predicted octanol–water partition coefficient (Wildman–Crippen LogP) is 2.60. The molecule has 0 aliphatic carbocycles. The maximum Gasteiger partial charge on any atom is 0.0512 e. The Labute approximate surface area is 97.9 Å². The van der Waals surface area contributed by atoms with Crippen LogP contribution in [-0.4, -0.2) is 23.8 Å². The molecule has 0 aromatic heterocycles. The van der Waals surface area contributed by atoms with Crippen LogP contribution in [0.3, 0.4) is 0 Å². The Morgan fingerprint density at radius 3 is 2.94 bits per heavy atom. The molecule has 2 nitrogen and oxygen atoms in total. The molecule has 1 aromatic carbocycles. The van der Waals surface area contributed by atoms with Crippen molar-refractivity contribution in [3.05, 3.63) is 29.8 Å². The number of para-hydroxylation sites is 1. The largest absolute Gasteiger partial charge is 0.393 e. The van der Waals surface area contributed by atoms with Crippen molar-refractivity contribution in [2.24, 2.45) is 0 Å². The highest BCUT2D eigenvalue weighted by Gasteiger charge is 2.24. The Bertz CT molecular complexity index is 348. The second-order valence-corrected chi connectivity index (χ2v) is 4.87. The van der Waals surface area contributed by atoms with Gasteiger partial charge in [-0.15, -0.1) is 0 Å². The molecule has 2 unspecified atom stereocenters. The Morgan fingerprint density at radius 2 is 2.19 bits per heavy atom. The topological polar surface area (TPSA) is 23.5 Å². The lowest BCUT2D eigenvalue weighted by atomic mass is 10.1. The van der Waals surface area contributed by atoms with Crippen LogP contribution < -0.4 is 4.90 Å². The molecule has 2 atom stereocenters. The smallest absolute Gasteiger partial charge is 0.0512 e. The monoisotopic (exact) mass is 219 g/mol. The zero-order valence-corrected chi connectivity index (χ0v) is 10.2. The molecule has 1 heterocycles. The van der Waals surface area contributed by atoms with Crippen LogP contribution in [-0.2, 0) is 6.42 Å². The predicted molar refractivity (Wildman–Crippen MR) is 67.9 cm³/mol. The lowest BCUT2D eigenvalue weighted by Gasteiger charge is -2.25. The van der Waals surface area contributed by atoms with E-state index >= 15 is 0 Å². The molecule has 1 N–H and O–H groups in total. The molecule has 0 radical (unpaired) electrons. The van der Waals surface area contributed by atoms with Crippen molar-refractivity contribution in [3.8, 4) is 0 Å². The summed E-state index contributed by atoms with van der Waals surface area (Å²) in [6.07, 6.45) is 2.94. The van der Waals surface area contributed by atoms with Crippen molar-refractivity contribution in [1.29, 1.82) is 0 Å². The first-order chi connectivity index (χ1) is 7.68. The molecule has 0 saturated heterocycles. The molecule has 0 saturated carbocycles. The number of hydrogen-bond acceptors (Lipinski definition) is 2. The second-order valence-electron chi connectivity index (χ2n) is 4.87. The van der Waals surface area contributed by atoms with E-state index < -0.39 is 0 Å². The Kier molecular flexibility index (Phi) is 3.49. The van der Waals surface area contributed by atoms with Crippen LogP contribution in [0.15, 0.2) is 24.3 Å². The molecule has 1 aliphatic heterocycles. The van der Waals surface area contributed by atoms with E-state index in [1.807, 2.05) is 6.92 Å². The number of benzene rings is 1. The summed E-state index contributed by atoms with van der Waals surface area (Å²) in [4.78, 5) is 2.47. The molecule has 0 spiro atoms. The molecule has 0 amide bonds. The highest BCUT2D eigenvalue weighted by molar-refractivity contribution is 5.59. The van der Waals surface area contributed by atoms with Crippen LogP contribution >= 0.6 is 0 Å². The average molecular weight is 219 g/mol. The van der Waals surface area contributed by atoms with E-state index in [1.54, 1.807) is 0 Å². The molecule has 2 rings (SSSR count). The van der Waals surface area contributed by atoms with E-state index in [1.165, 1.54) is 11.3 Å². The van der Waals surface area contributed by atoms with Gasteiger partial charge in [-0.3, -0.25) is 0 Å². The minimum Gasteiger partial charge on any atom is -0.393 e. The van der Waals surface area contributed by atoms with Crippen molar-refractivity contribution < 1.29 is 5.11 Å². The van der Waals surface area contributed by atoms with E-state index in [0.717, 1.165) is 25.8 Å². The Hall–Kier alpha value is -1.02. The standard InChI is InChI=1S/C14H21NO/c1-11-10-13-7-3-4-8-14(13)15(11)9-5-6-12(2)16/h3-4,7-8,11-12,16H,5-6,9-10H2,1-2H3. The molecule has 88 valence electrons. The minimum absolute atomic E-state index is 0.173. The van der Waals surface area contributed by atoms with Crippen LogP contribution in [0, 0.1) is 0 Å². The Morgan fingerprint density at radius 1 is 1.44 bits per heavy atom. The number of nitrogens with zero attached hydrogens (tertiary/aromatic N) is 1. The third-order valence-corrected chi connectivity index (χ3v) is 3.37. The van der Waals surface area contributed by atoms with Crippen molar-refractivity contribution in [2.75, 3.05) is 11.4 Å². The summed E-state index contributed by atoms with van der Waals surface area (Å²) in [5.74, 6) is 0. The number of fused-ring (bicyclic) bond motifs is 1. The summed E-state index contributed by atoms with van der Waals surface area (Å²) in [6.45, 7) is 5.20. The van der Waals surface area contributed by atoms with Gasteiger partial charge in [0.1, 0.15) is 0 Å². The van der Waals surface area contributed by atoms with Gasteiger partial charge in [-0.2, -0.15) is 0 Å². The fraction of sp³-hybridized carbons (Fsp3) is 0.571. The summed E-state index contributed by atoms with van der Waals surface area (Å²) < 4.78 is 0. The zero-order valence-electron chi connectivity index (χ0n) is 10.2. The van der Waals surface area contributed by atoms with E-state index in [0.29, 0.717) is 6.04 Å². The molecule has 1 aliphatic rings. The lowest BCUT2D eigenvalue weighted by Crippen LogP contribution is -2.30.